The third kappa shape index (κ3) is 5.79. The van der Waals surface area contributed by atoms with Crippen LogP contribution in [-0.4, -0.2) is 29.0 Å². The zero-order valence-corrected chi connectivity index (χ0v) is 17.0. The van der Waals surface area contributed by atoms with Crippen molar-refractivity contribution >= 4 is 46.6 Å². The average molecular weight is 440 g/mol. The number of rotatable bonds is 8. The summed E-state index contributed by atoms with van der Waals surface area (Å²) in [6.45, 7) is 0.117. The lowest BCUT2D eigenvalue weighted by molar-refractivity contribution is -0.113. The number of amides is 1. The Morgan fingerprint density at radius 2 is 1.96 bits per heavy atom. The molecule has 146 valence electrons. The molecule has 3 aromatic rings. The number of ether oxygens (including phenoxy) is 2. The standard InChI is InChI=1S/C18H15Cl2N3O4S/c1-25-15-7-4-12(8-14(15)20)21-16(24)10-28-18-23-22-17(27-18)9-26-13-5-2-11(19)3-6-13/h2-8H,9-10H2,1H3,(H,21,24). The smallest absolute Gasteiger partial charge is 0.277 e. The van der Waals surface area contributed by atoms with Gasteiger partial charge in [0.1, 0.15) is 11.5 Å². The third-order valence-electron chi connectivity index (χ3n) is 3.39. The number of nitrogens with zero attached hydrogens (tertiary/aromatic N) is 2. The van der Waals surface area contributed by atoms with Gasteiger partial charge in [-0.2, -0.15) is 0 Å². The molecule has 0 unspecified atom stereocenters. The topological polar surface area (TPSA) is 86.5 Å². The van der Waals surface area contributed by atoms with Crippen molar-refractivity contribution in [3.05, 3.63) is 58.4 Å². The number of anilines is 1. The molecule has 0 bridgehead atoms. The van der Waals surface area contributed by atoms with Crippen molar-refractivity contribution in [2.45, 2.75) is 11.8 Å². The number of benzene rings is 2. The van der Waals surface area contributed by atoms with Gasteiger partial charge in [0.15, 0.2) is 6.61 Å². The van der Waals surface area contributed by atoms with Gasteiger partial charge >= 0.3 is 0 Å². The van der Waals surface area contributed by atoms with Crippen molar-refractivity contribution in [1.82, 2.24) is 10.2 Å². The zero-order valence-electron chi connectivity index (χ0n) is 14.6. The SMILES string of the molecule is COc1ccc(NC(=O)CSc2nnc(COc3ccc(Cl)cc3)o2)cc1Cl. The molecular weight excluding hydrogens is 425 g/mol. The summed E-state index contributed by atoms with van der Waals surface area (Å²) in [5, 5.41) is 11.8. The summed E-state index contributed by atoms with van der Waals surface area (Å²) in [5.74, 6) is 1.34. The van der Waals surface area contributed by atoms with Crippen molar-refractivity contribution in [2.24, 2.45) is 0 Å². The number of hydrogen-bond acceptors (Lipinski definition) is 7. The second-order valence-corrected chi connectivity index (χ2v) is 7.16. The number of methoxy groups -OCH3 is 1. The maximum Gasteiger partial charge on any atom is 0.277 e. The first-order valence-corrected chi connectivity index (χ1v) is 9.74. The molecule has 1 aromatic heterocycles. The molecule has 2 aromatic carbocycles. The van der Waals surface area contributed by atoms with Gasteiger partial charge in [0.05, 0.1) is 17.9 Å². The van der Waals surface area contributed by atoms with Crippen LogP contribution in [0.2, 0.25) is 10.0 Å². The highest BCUT2D eigenvalue weighted by Gasteiger charge is 2.11. The minimum Gasteiger partial charge on any atom is -0.495 e. The molecule has 28 heavy (non-hydrogen) atoms. The second-order valence-electron chi connectivity index (χ2n) is 5.39. The fraction of sp³-hybridized carbons (Fsp3) is 0.167. The van der Waals surface area contributed by atoms with E-state index < -0.39 is 0 Å². The highest BCUT2D eigenvalue weighted by atomic mass is 35.5. The van der Waals surface area contributed by atoms with E-state index in [1.807, 2.05) is 0 Å². The Labute approximate surface area is 175 Å². The molecule has 10 heteroatoms. The average Bonchev–Trinajstić information content (AvgIpc) is 3.14. The predicted molar refractivity (Wildman–Crippen MR) is 107 cm³/mol. The number of aromatic nitrogens is 2. The number of nitrogens with one attached hydrogen (secondary N) is 1. The first-order valence-electron chi connectivity index (χ1n) is 8.00. The third-order valence-corrected chi connectivity index (χ3v) is 4.75. The van der Waals surface area contributed by atoms with Gasteiger partial charge in [-0.05, 0) is 42.5 Å². The molecule has 0 aliphatic heterocycles. The first kappa shape index (κ1) is 20.3. The van der Waals surface area contributed by atoms with E-state index in [1.54, 1.807) is 42.5 Å². The Balaban J connectivity index is 1.46. The molecule has 0 saturated heterocycles. The summed E-state index contributed by atoms with van der Waals surface area (Å²) in [4.78, 5) is 12.1. The molecule has 0 spiro atoms. The van der Waals surface area contributed by atoms with E-state index in [0.717, 1.165) is 11.8 Å². The summed E-state index contributed by atoms with van der Waals surface area (Å²) in [6, 6.07) is 11.9. The van der Waals surface area contributed by atoms with Crippen LogP contribution >= 0.6 is 35.0 Å². The van der Waals surface area contributed by atoms with Crippen LogP contribution in [0.3, 0.4) is 0 Å². The fourth-order valence-electron chi connectivity index (χ4n) is 2.10. The predicted octanol–water partition coefficient (Wildman–Crippen LogP) is 4.69. The molecule has 1 amide bonds. The molecule has 0 saturated carbocycles. The van der Waals surface area contributed by atoms with Crippen molar-refractivity contribution in [3.63, 3.8) is 0 Å². The summed E-state index contributed by atoms with van der Waals surface area (Å²) >= 11 is 13.0. The molecule has 1 heterocycles. The van der Waals surface area contributed by atoms with Gasteiger partial charge in [0.25, 0.3) is 11.1 Å². The van der Waals surface area contributed by atoms with Crippen LogP contribution in [0.25, 0.3) is 0 Å². The van der Waals surface area contributed by atoms with Crippen LogP contribution < -0.4 is 14.8 Å². The van der Waals surface area contributed by atoms with Crippen LogP contribution in [0.4, 0.5) is 5.69 Å². The van der Waals surface area contributed by atoms with Crippen molar-refractivity contribution in [2.75, 3.05) is 18.2 Å². The van der Waals surface area contributed by atoms with Crippen LogP contribution in [-0.2, 0) is 11.4 Å². The number of carbonyl (C=O) groups is 1. The Morgan fingerprint density at radius 3 is 2.68 bits per heavy atom. The molecule has 0 atom stereocenters. The van der Waals surface area contributed by atoms with E-state index >= 15 is 0 Å². The van der Waals surface area contributed by atoms with Gasteiger partial charge in [-0.3, -0.25) is 4.79 Å². The van der Waals surface area contributed by atoms with Gasteiger partial charge in [0, 0.05) is 10.7 Å². The van der Waals surface area contributed by atoms with Crippen LogP contribution in [0.5, 0.6) is 11.5 Å². The maximum atomic E-state index is 12.1. The maximum absolute atomic E-state index is 12.1. The Hall–Kier alpha value is -2.42. The van der Waals surface area contributed by atoms with Crippen molar-refractivity contribution in [1.29, 1.82) is 0 Å². The minimum absolute atomic E-state index is 0.101. The van der Waals surface area contributed by atoms with E-state index in [2.05, 4.69) is 15.5 Å². The quantitative estimate of drug-likeness (QED) is 0.509. The van der Waals surface area contributed by atoms with Crippen molar-refractivity contribution in [3.8, 4) is 11.5 Å². The Morgan fingerprint density at radius 1 is 1.18 bits per heavy atom. The molecule has 0 fully saturated rings. The molecule has 7 nitrogen and oxygen atoms in total. The molecule has 3 rings (SSSR count). The summed E-state index contributed by atoms with van der Waals surface area (Å²) < 4.78 is 16.1. The van der Waals surface area contributed by atoms with Crippen LogP contribution in [0.15, 0.2) is 52.1 Å². The number of carbonyl (C=O) groups excluding carboxylic acids is 1. The first-order chi connectivity index (χ1) is 13.5. The molecule has 0 aliphatic carbocycles. The summed E-state index contributed by atoms with van der Waals surface area (Å²) in [6.07, 6.45) is 0. The zero-order chi connectivity index (χ0) is 19.9. The van der Waals surface area contributed by atoms with E-state index in [4.69, 9.17) is 37.1 Å². The molecule has 1 N–H and O–H groups in total. The summed E-state index contributed by atoms with van der Waals surface area (Å²) in [7, 11) is 1.52. The van der Waals surface area contributed by atoms with Crippen molar-refractivity contribution < 1.29 is 18.7 Å². The number of halogens is 2. The highest BCUT2D eigenvalue weighted by Crippen LogP contribution is 2.27. The largest absolute Gasteiger partial charge is 0.495 e. The Kier molecular flexibility index (Phi) is 7.02. The van der Waals surface area contributed by atoms with E-state index in [-0.39, 0.29) is 23.5 Å². The lowest BCUT2D eigenvalue weighted by Crippen LogP contribution is -2.14. The highest BCUT2D eigenvalue weighted by molar-refractivity contribution is 7.99. The van der Waals surface area contributed by atoms with Crippen LogP contribution in [0.1, 0.15) is 5.89 Å². The van der Waals surface area contributed by atoms with Gasteiger partial charge in [-0.1, -0.05) is 35.0 Å². The monoisotopic (exact) mass is 439 g/mol. The van der Waals surface area contributed by atoms with E-state index in [9.17, 15) is 4.79 Å². The van der Waals surface area contributed by atoms with Crippen LogP contribution in [0, 0.1) is 0 Å². The lowest BCUT2D eigenvalue weighted by atomic mass is 10.3. The molecule has 0 aliphatic rings. The Bertz CT molecular complexity index is 950. The van der Waals surface area contributed by atoms with Gasteiger partial charge < -0.3 is 19.2 Å². The second kappa shape index (κ2) is 9.68. The fourth-order valence-corrected chi connectivity index (χ4v) is 3.06. The molecule has 0 radical (unpaired) electrons. The number of thioether (sulfide) groups is 1. The van der Waals surface area contributed by atoms with E-state index in [0.29, 0.717) is 33.1 Å². The van der Waals surface area contributed by atoms with Gasteiger partial charge in [0.2, 0.25) is 5.91 Å². The van der Waals surface area contributed by atoms with Gasteiger partial charge in [-0.15, -0.1) is 10.2 Å². The summed E-state index contributed by atoms with van der Waals surface area (Å²) in [5.41, 5.74) is 0.569. The minimum atomic E-state index is -0.233. The number of hydrogen-bond donors (Lipinski definition) is 1. The van der Waals surface area contributed by atoms with Gasteiger partial charge in [-0.25, -0.2) is 0 Å². The molecular formula is C18H15Cl2N3O4S. The lowest BCUT2D eigenvalue weighted by Gasteiger charge is -2.07. The normalized spacial score (nSPS) is 10.5. The van der Waals surface area contributed by atoms with E-state index in [1.165, 1.54) is 7.11 Å².